The lowest BCUT2D eigenvalue weighted by atomic mass is 10.0. The van der Waals surface area contributed by atoms with Crippen LogP contribution in [-0.4, -0.2) is 5.96 Å². The van der Waals surface area contributed by atoms with Crippen LogP contribution in [0.4, 0.5) is 10.1 Å². The molecular weight excluding hydrogens is 371 g/mol. The van der Waals surface area contributed by atoms with E-state index in [-0.39, 0.29) is 12.4 Å². The summed E-state index contributed by atoms with van der Waals surface area (Å²) in [6.07, 6.45) is 0.701. The van der Waals surface area contributed by atoms with E-state index in [1.165, 1.54) is 18.0 Å². The molecule has 4 nitrogen and oxygen atoms in total. The lowest BCUT2D eigenvalue weighted by Crippen LogP contribution is -2.30. The van der Waals surface area contributed by atoms with E-state index in [1.54, 1.807) is 24.3 Å². The van der Waals surface area contributed by atoms with Gasteiger partial charge in [0.2, 0.25) is 5.96 Å². The molecule has 3 aromatic rings. The summed E-state index contributed by atoms with van der Waals surface area (Å²) in [5.74, 6) is 0.341. The Hall–Kier alpha value is -3.30. The molecule has 138 valence electrons. The van der Waals surface area contributed by atoms with Gasteiger partial charge in [-0.3, -0.25) is 4.72 Å². The van der Waals surface area contributed by atoms with Gasteiger partial charge in [0.05, 0.1) is 28.8 Å². The molecule has 0 saturated carbocycles. The van der Waals surface area contributed by atoms with Gasteiger partial charge in [-0.2, -0.15) is 5.26 Å². The van der Waals surface area contributed by atoms with Gasteiger partial charge in [-0.1, -0.05) is 42.5 Å². The summed E-state index contributed by atoms with van der Waals surface area (Å²) >= 11 is 1.48. The summed E-state index contributed by atoms with van der Waals surface area (Å²) in [6.45, 7) is 0.254. The summed E-state index contributed by atoms with van der Waals surface area (Å²) in [4.78, 5) is 5.55. The second-order valence-corrected chi connectivity index (χ2v) is 7.21. The number of nitriles is 1. The minimum atomic E-state index is -0.256. The second-order valence-electron chi connectivity index (χ2n) is 6.36. The van der Waals surface area contributed by atoms with Crippen LogP contribution in [0.2, 0.25) is 0 Å². The molecule has 0 aromatic heterocycles. The molecule has 4 rings (SSSR count). The number of benzene rings is 3. The monoisotopic (exact) mass is 388 g/mol. The first-order valence-electron chi connectivity index (χ1n) is 8.81. The molecule has 0 fully saturated rings. The number of anilines is 1. The van der Waals surface area contributed by atoms with Crippen LogP contribution in [0.25, 0.3) is 0 Å². The van der Waals surface area contributed by atoms with Crippen molar-refractivity contribution in [3.8, 4) is 6.07 Å². The van der Waals surface area contributed by atoms with Gasteiger partial charge in [0, 0.05) is 5.56 Å². The third-order valence-corrected chi connectivity index (χ3v) is 5.29. The molecule has 1 heterocycles. The number of rotatable bonds is 4. The number of nitrogens with zero attached hydrogens (tertiary/aromatic N) is 2. The van der Waals surface area contributed by atoms with E-state index in [2.05, 4.69) is 27.2 Å². The Morgan fingerprint density at radius 1 is 1.00 bits per heavy atom. The zero-order valence-electron chi connectivity index (χ0n) is 14.9. The number of guanidine groups is 1. The highest BCUT2D eigenvalue weighted by Gasteiger charge is 2.17. The van der Waals surface area contributed by atoms with E-state index < -0.39 is 0 Å². The quantitative estimate of drug-likeness (QED) is 0.626. The molecule has 1 aliphatic heterocycles. The lowest BCUT2D eigenvalue weighted by molar-refractivity contribution is 0.611. The third kappa shape index (κ3) is 4.00. The van der Waals surface area contributed by atoms with Crippen LogP contribution in [0.1, 0.15) is 22.3 Å². The Bertz CT molecular complexity index is 1090. The fraction of sp³-hybridized carbons (Fsp3) is 0.0909. The highest BCUT2D eigenvalue weighted by Crippen LogP contribution is 2.33. The molecule has 0 saturated heterocycles. The number of nitrogens with one attached hydrogen (secondary N) is 2. The van der Waals surface area contributed by atoms with Gasteiger partial charge in [-0.25, -0.2) is 9.38 Å². The minimum Gasteiger partial charge on any atom is -0.324 e. The van der Waals surface area contributed by atoms with Gasteiger partial charge >= 0.3 is 0 Å². The maximum absolute atomic E-state index is 13.8. The Labute approximate surface area is 167 Å². The van der Waals surface area contributed by atoms with Crippen LogP contribution < -0.4 is 10.0 Å². The van der Waals surface area contributed by atoms with Crippen molar-refractivity contribution >= 4 is 23.6 Å². The van der Waals surface area contributed by atoms with Crippen LogP contribution in [0.5, 0.6) is 0 Å². The van der Waals surface area contributed by atoms with Crippen molar-refractivity contribution < 1.29 is 4.39 Å². The maximum Gasteiger partial charge on any atom is 0.206 e. The van der Waals surface area contributed by atoms with Crippen molar-refractivity contribution in [1.82, 2.24) is 4.72 Å². The smallest absolute Gasteiger partial charge is 0.206 e. The van der Waals surface area contributed by atoms with E-state index >= 15 is 0 Å². The van der Waals surface area contributed by atoms with Crippen molar-refractivity contribution in [2.24, 2.45) is 4.99 Å². The van der Waals surface area contributed by atoms with Crippen LogP contribution >= 0.6 is 11.9 Å². The van der Waals surface area contributed by atoms with Gasteiger partial charge in [0.25, 0.3) is 0 Å². The molecule has 28 heavy (non-hydrogen) atoms. The molecular formula is C22H17FN4S. The number of para-hydroxylation sites is 1. The first kappa shape index (κ1) is 18.1. The summed E-state index contributed by atoms with van der Waals surface area (Å²) in [7, 11) is 0. The Balaban J connectivity index is 1.57. The van der Waals surface area contributed by atoms with Crippen molar-refractivity contribution in [3.05, 3.63) is 94.8 Å². The fourth-order valence-corrected chi connectivity index (χ4v) is 3.78. The van der Waals surface area contributed by atoms with Crippen molar-refractivity contribution in [3.63, 3.8) is 0 Å². The molecule has 0 aliphatic carbocycles. The fourth-order valence-electron chi connectivity index (χ4n) is 3.03. The highest BCUT2D eigenvalue weighted by atomic mass is 32.2. The summed E-state index contributed by atoms with van der Waals surface area (Å²) in [6, 6.07) is 22.5. The van der Waals surface area contributed by atoms with Crippen molar-refractivity contribution in [2.45, 2.75) is 17.9 Å². The zero-order chi connectivity index (χ0) is 19.3. The average molecular weight is 388 g/mol. The van der Waals surface area contributed by atoms with E-state index in [0.717, 1.165) is 21.7 Å². The van der Waals surface area contributed by atoms with E-state index in [4.69, 9.17) is 5.26 Å². The molecule has 2 N–H and O–H groups in total. The third-order valence-electron chi connectivity index (χ3n) is 4.43. The first-order chi connectivity index (χ1) is 13.7. The molecule has 0 bridgehead atoms. The first-order valence-corrected chi connectivity index (χ1v) is 9.63. The SMILES string of the molecule is N#Cc1cccc(Cc2cccc3c2NC(=NCc2ccccc2F)NS3)c1. The van der Waals surface area contributed by atoms with Crippen molar-refractivity contribution in [1.29, 1.82) is 5.26 Å². The number of aliphatic imine (C=N–C) groups is 1. The highest BCUT2D eigenvalue weighted by molar-refractivity contribution is 7.98. The number of halogens is 1. The van der Waals surface area contributed by atoms with Gasteiger partial charge in [0.1, 0.15) is 5.82 Å². The zero-order valence-corrected chi connectivity index (χ0v) is 15.8. The predicted octanol–water partition coefficient (Wildman–Crippen LogP) is 4.87. The Kier molecular flexibility index (Phi) is 5.27. The average Bonchev–Trinajstić information content (AvgIpc) is 2.73. The molecule has 0 amide bonds. The van der Waals surface area contributed by atoms with Gasteiger partial charge in [-0.05, 0) is 53.8 Å². The second kappa shape index (κ2) is 8.15. The molecule has 1 aliphatic rings. The standard InChI is InChI=1S/C22H17FN4S/c23-19-9-2-1-7-18(19)14-25-22-26-21-17(8-4-10-20(21)28-27-22)12-15-5-3-6-16(11-15)13-24/h1-11H,12,14H2,(H2,25,26,27). The Morgan fingerprint density at radius 2 is 1.82 bits per heavy atom. The molecule has 0 unspecified atom stereocenters. The Morgan fingerprint density at radius 3 is 2.68 bits per heavy atom. The summed E-state index contributed by atoms with van der Waals surface area (Å²) in [5.41, 5.74) is 4.37. The summed E-state index contributed by atoms with van der Waals surface area (Å²) in [5, 5.41) is 12.4. The van der Waals surface area contributed by atoms with Crippen LogP contribution in [-0.2, 0) is 13.0 Å². The largest absolute Gasteiger partial charge is 0.324 e. The minimum absolute atomic E-state index is 0.254. The maximum atomic E-state index is 13.8. The molecule has 0 radical (unpaired) electrons. The van der Waals surface area contributed by atoms with Crippen LogP contribution in [0.15, 0.2) is 76.6 Å². The van der Waals surface area contributed by atoms with E-state index in [1.807, 2.05) is 30.3 Å². The van der Waals surface area contributed by atoms with E-state index in [9.17, 15) is 4.39 Å². The van der Waals surface area contributed by atoms with Crippen LogP contribution in [0.3, 0.4) is 0 Å². The summed E-state index contributed by atoms with van der Waals surface area (Å²) < 4.78 is 17.0. The van der Waals surface area contributed by atoms with E-state index in [0.29, 0.717) is 23.5 Å². The normalized spacial score (nSPS) is 13.9. The molecule has 3 aromatic carbocycles. The molecule has 0 atom stereocenters. The van der Waals surface area contributed by atoms with Crippen molar-refractivity contribution in [2.75, 3.05) is 5.32 Å². The number of hydrogen-bond donors (Lipinski definition) is 2. The predicted molar refractivity (Wildman–Crippen MR) is 111 cm³/mol. The van der Waals surface area contributed by atoms with Gasteiger partial charge in [0.15, 0.2) is 0 Å². The van der Waals surface area contributed by atoms with Gasteiger partial charge in [-0.15, -0.1) is 0 Å². The topological polar surface area (TPSA) is 60.2 Å². The number of hydrogen-bond acceptors (Lipinski definition) is 3. The lowest BCUT2D eigenvalue weighted by Gasteiger charge is -2.23. The number of fused-ring (bicyclic) bond motifs is 1. The van der Waals surface area contributed by atoms with Gasteiger partial charge < -0.3 is 5.32 Å². The molecule has 6 heteroatoms. The van der Waals surface area contributed by atoms with Crippen LogP contribution in [0, 0.1) is 17.1 Å². The molecule has 0 spiro atoms.